The number of aromatic nitrogens is 2. The third kappa shape index (κ3) is 6.79. The van der Waals surface area contributed by atoms with Crippen LogP contribution in [0.15, 0.2) is 12.1 Å². The van der Waals surface area contributed by atoms with Gasteiger partial charge in [0.15, 0.2) is 5.82 Å². The number of nitrogens with one attached hydrogen (secondary N) is 2. The van der Waals surface area contributed by atoms with Crippen molar-refractivity contribution in [2.75, 3.05) is 50.0 Å². The molecule has 1 aromatic rings. The Morgan fingerprint density at radius 3 is 2.52 bits per heavy atom. The zero-order valence-corrected chi connectivity index (χ0v) is 14.0. The largest absolute Gasteiger partial charge is 0.444 e. The van der Waals surface area contributed by atoms with Crippen LogP contribution >= 0.6 is 0 Å². The van der Waals surface area contributed by atoms with E-state index in [2.05, 4.69) is 25.7 Å². The van der Waals surface area contributed by atoms with E-state index in [-0.39, 0.29) is 0 Å². The molecule has 8 nitrogen and oxygen atoms in total. The smallest absolute Gasteiger partial charge is 0.413 e. The Bertz CT molecular complexity index is 495. The lowest BCUT2D eigenvalue weighted by Crippen LogP contribution is -2.39. The van der Waals surface area contributed by atoms with Crippen LogP contribution in [0.3, 0.4) is 0 Å². The first-order valence-corrected chi connectivity index (χ1v) is 7.80. The Morgan fingerprint density at radius 2 is 1.91 bits per heavy atom. The van der Waals surface area contributed by atoms with Crippen LogP contribution in [0.5, 0.6) is 0 Å². The lowest BCUT2D eigenvalue weighted by Gasteiger charge is -2.26. The molecule has 1 amide bonds. The molecule has 1 aliphatic heterocycles. The maximum absolute atomic E-state index is 11.6. The molecule has 1 fully saturated rings. The molecular formula is C15H25N5O3. The van der Waals surface area contributed by atoms with Crippen LogP contribution in [0.4, 0.5) is 16.4 Å². The molecule has 0 radical (unpaired) electrons. The van der Waals surface area contributed by atoms with Crippen molar-refractivity contribution in [2.24, 2.45) is 0 Å². The molecule has 0 unspecified atom stereocenters. The number of hydrogen-bond donors (Lipinski definition) is 2. The average molecular weight is 323 g/mol. The second-order valence-corrected chi connectivity index (χ2v) is 6.31. The van der Waals surface area contributed by atoms with E-state index < -0.39 is 11.7 Å². The van der Waals surface area contributed by atoms with Crippen molar-refractivity contribution in [2.45, 2.75) is 26.4 Å². The van der Waals surface area contributed by atoms with Crippen molar-refractivity contribution in [1.82, 2.24) is 15.1 Å². The third-order valence-corrected chi connectivity index (χ3v) is 3.13. The van der Waals surface area contributed by atoms with E-state index in [1.54, 1.807) is 32.9 Å². The second kappa shape index (κ2) is 8.07. The van der Waals surface area contributed by atoms with E-state index in [0.717, 1.165) is 39.4 Å². The van der Waals surface area contributed by atoms with Crippen molar-refractivity contribution in [3.63, 3.8) is 0 Å². The Balaban J connectivity index is 1.72. The summed E-state index contributed by atoms with van der Waals surface area (Å²) in [5.41, 5.74) is -0.543. The maximum Gasteiger partial charge on any atom is 0.413 e. The number of rotatable bonds is 5. The number of hydrogen-bond acceptors (Lipinski definition) is 7. The van der Waals surface area contributed by atoms with Gasteiger partial charge < -0.3 is 14.8 Å². The summed E-state index contributed by atoms with van der Waals surface area (Å²) in [5.74, 6) is 1.03. The lowest BCUT2D eigenvalue weighted by atomic mass is 10.2. The number of carbonyl (C=O) groups excluding carboxylic acids is 1. The van der Waals surface area contributed by atoms with Crippen LogP contribution in [-0.4, -0.2) is 66.2 Å². The summed E-state index contributed by atoms with van der Waals surface area (Å²) in [6.07, 6.45) is -0.542. The Kier molecular flexibility index (Phi) is 6.12. The molecule has 0 spiro atoms. The number of morpholine rings is 1. The fraction of sp³-hybridized carbons (Fsp3) is 0.667. The highest BCUT2D eigenvalue weighted by atomic mass is 16.6. The maximum atomic E-state index is 11.6. The SMILES string of the molecule is CC(C)(C)OC(=O)Nc1ccc(NCCN2CCOCC2)nn1. The second-order valence-electron chi connectivity index (χ2n) is 6.31. The molecule has 1 saturated heterocycles. The van der Waals surface area contributed by atoms with Crippen LogP contribution in [0, 0.1) is 0 Å². The van der Waals surface area contributed by atoms with Crippen LogP contribution in [0.1, 0.15) is 20.8 Å². The van der Waals surface area contributed by atoms with Crippen LogP contribution < -0.4 is 10.6 Å². The number of carbonyl (C=O) groups is 1. The number of ether oxygens (including phenoxy) is 2. The van der Waals surface area contributed by atoms with Gasteiger partial charge >= 0.3 is 6.09 Å². The summed E-state index contributed by atoms with van der Waals surface area (Å²) in [7, 11) is 0. The van der Waals surface area contributed by atoms with Gasteiger partial charge in [0.25, 0.3) is 0 Å². The van der Waals surface area contributed by atoms with Crippen molar-refractivity contribution in [3.05, 3.63) is 12.1 Å². The minimum absolute atomic E-state index is 0.359. The van der Waals surface area contributed by atoms with E-state index in [1.165, 1.54) is 0 Å². The summed E-state index contributed by atoms with van der Waals surface area (Å²) in [5, 5.41) is 13.8. The summed E-state index contributed by atoms with van der Waals surface area (Å²) in [6.45, 7) is 10.7. The molecule has 8 heteroatoms. The molecule has 2 heterocycles. The van der Waals surface area contributed by atoms with Crippen molar-refractivity contribution in [3.8, 4) is 0 Å². The zero-order valence-electron chi connectivity index (χ0n) is 14.0. The minimum atomic E-state index is -0.543. The fourth-order valence-electron chi connectivity index (χ4n) is 2.07. The standard InChI is InChI=1S/C15H25N5O3/c1-15(2,3)23-14(21)17-13-5-4-12(18-19-13)16-6-7-20-8-10-22-11-9-20/h4-5H,6-11H2,1-3H3,(H,16,18)(H,17,19,21). The lowest BCUT2D eigenvalue weighted by molar-refractivity contribution is 0.0398. The van der Waals surface area contributed by atoms with Gasteiger partial charge in [0.1, 0.15) is 11.4 Å². The molecule has 23 heavy (non-hydrogen) atoms. The van der Waals surface area contributed by atoms with Crippen LogP contribution in [-0.2, 0) is 9.47 Å². The topological polar surface area (TPSA) is 88.6 Å². The number of amides is 1. The summed E-state index contributed by atoms with van der Waals surface area (Å²) in [6, 6.07) is 3.47. The minimum Gasteiger partial charge on any atom is -0.444 e. The van der Waals surface area contributed by atoms with Crippen LogP contribution in [0.25, 0.3) is 0 Å². The molecule has 1 aromatic heterocycles. The predicted octanol–water partition coefficient (Wildman–Crippen LogP) is 1.57. The Morgan fingerprint density at radius 1 is 1.26 bits per heavy atom. The monoisotopic (exact) mass is 323 g/mol. The number of anilines is 2. The van der Waals surface area contributed by atoms with Crippen molar-refractivity contribution < 1.29 is 14.3 Å². The summed E-state index contributed by atoms with van der Waals surface area (Å²) >= 11 is 0. The van der Waals surface area contributed by atoms with Gasteiger partial charge in [0.05, 0.1) is 13.2 Å². The molecule has 0 saturated carbocycles. The van der Waals surface area contributed by atoms with Crippen molar-refractivity contribution in [1.29, 1.82) is 0 Å². The van der Waals surface area contributed by atoms with Gasteiger partial charge in [-0.2, -0.15) is 0 Å². The molecule has 0 aromatic carbocycles. The van der Waals surface area contributed by atoms with E-state index >= 15 is 0 Å². The molecule has 128 valence electrons. The van der Waals surface area contributed by atoms with Gasteiger partial charge in [-0.15, -0.1) is 10.2 Å². The van der Waals surface area contributed by atoms with E-state index in [4.69, 9.17) is 9.47 Å². The van der Waals surface area contributed by atoms with Crippen molar-refractivity contribution >= 4 is 17.7 Å². The molecule has 0 bridgehead atoms. The van der Waals surface area contributed by atoms with Gasteiger partial charge in [-0.25, -0.2) is 4.79 Å². The van der Waals surface area contributed by atoms with Gasteiger partial charge in [-0.05, 0) is 32.9 Å². The van der Waals surface area contributed by atoms with Gasteiger partial charge in [-0.1, -0.05) is 0 Å². The average Bonchev–Trinajstić information content (AvgIpc) is 2.48. The Hall–Kier alpha value is -1.93. The molecule has 0 aliphatic carbocycles. The highest BCUT2D eigenvalue weighted by Gasteiger charge is 2.16. The predicted molar refractivity (Wildman–Crippen MR) is 87.6 cm³/mol. The highest BCUT2D eigenvalue weighted by Crippen LogP contribution is 2.10. The van der Waals surface area contributed by atoms with E-state index in [0.29, 0.717) is 11.6 Å². The van der Waals surface area contributed by atoms with E-state index in [9.17, 15) is 4.79 Å². The summed E-state index contributed by atoms with van der Waals surface area (Å²) < 4.78 is 10.5. The first-order chi connectivity index (χ1) is 10.9. The third-order valence-electron chi connectivity index (χ3n) is 3.13. The normalized spacial score (nSPS) is 16.0. The molecule has 1 aliphatic rings. The fourth-order valence-corrected chi connectivity index (χ4v) is 2.07. The Labute approximate surface area is 136 Å². The van der Waals surface area contributed by atoms with Gasteiger partial charge in [0.2, 0.25) is 0 Å². The molecule has 2 rings (SSSR count). The highest BCUT2D eigenvalue weighted by molar-refractivity contribution is 5.83. The van der Waals surface area contributed by atoms with Gasteiger partial charge in [-0.3, -0.25) is 10.2 Å². The molecular weight excluding hydrogens is 298 g/mol. The van der Waals surface area contributed by atoms with Crippen LogP contribution in [0.2, 0.25) is 0 Å². The number of nitrogens with zero attached hydrogens (tertiary/aromatic N) is 3. The van der Waals surface area contributed by atoms with Gasteiger partial charge in [0, 0.05) is 26.2 Å². The quantitative estimate of drug-likeness (QED) is 0.850. The molecule has 0 atom stereocenters. The molecule has 2 N–H and O–H groups in total. The summed E-state index contributed by atoms with van der Waals surface area (Å²) in [4.78, 5) is 14.0. The zero-order chi connectivity index (χ0) is 16.7. The first kappa shape index (κ1) is 17.4. The van der Waals surface area contributed by atoms with E-state index in [1.807, 2.05) is 0 Å². The first-order valence-electron chi connectivity index (χ1n) is 7.80.